The Morgan fingerprint density at radius 2 is 1.90 bits per heavy atom. The maximum atomic E-state index is 2.98. The second-order valence-electron chi connectivity index (χ2n) is 2.48. The summed E-state index contributed by atoms with van der Waals surface area (Å²) in [4.78, 5) is 0. The Morgan fingerprint density at radius 1 is 1.20 bits per heavy atom. The van der Waals surface area contributed by atoms with Crippen LogP contribution in [0.2, 0.25) is 0 Å². The van der Waals surface area contributed by atoms with E-state index in [0.717, 1.165) is 12.8 Å². The molecule has 0 rings (SSSR count). The molecule has 0 nitrogen and oxygen atoms in total. The summed E-state index contributed by atoms with van der Waals surface area (Å²) in [5.74, 6) is 12.0. The zero-order valence-corrected chi connectivity index (χ0v) is 6.99. The average molecular weight is 134 g/mol. The fourth-order valence-electron chi connectivity index (χ4n) is 0.412. The van der Waals surface area contributed by atoms with Crippen LogP contribution in [0.3, 0.4) is 0 Å². The van der Waals surface area contributed by atoms with E-state index in [-0.39, 0.29) is 0 Å². The van der Waals surface area contributed by atoms with E-state index in [4.69, 9.17) is 0 Å². The van der Waals surface area contributed by atoms with Gasteiger partial charge in [-0.3, -0.25) is 0 Å². The third-order valence-electron chi connectivity index (χ3n) is 0.887. The first-order valence-corrected chi connectivity index (χ1v) is 3.75. The minimum Gasteiger partial charge on any atom is -0.0891 e. The number of unbranched alkanes of at least 4 members (excludes halogenated alkanes) is 1. The van der Waals surface area contributed by atoms with Crippen molar-refractivity contribution in [3.05, 3.63) is 0 Å². The highest BCUT2D eigenvalue weighted by molar-refractivity contribution is 5.26. The van der Waals surface area contributed by atoms with Crippen LogP contribution in [0, 0.1) is 29.6 Å². The molecule has 0 radical (unpaired) electrons. The average Bonchev–Trinajstić information content (AvgIpc) is 1.87. The number of hydrogen-bond acceptors (Lipinski definition) is 0. The maximum absolute atomic E-state index is 2.98. The van der Waals surface area contributed by atoms with Crippen molar-refractivity contribution in [1.29, 1.82) is 0 Å². The van der Waals surface area contributed by atoms with Crippen molar-refractivity contribution in [2.75, 3.05) is 0 Å². The zero-order valence-electron chi connectivity index (χ0n) is 6.99. The molecule has 0 saturated heterocycles. The lowest BCUT2D eigenvalue weighted by molar-refractivity contribution is 0.867. The predicted molar refractivity (Wildman–Crippen MR) is 45.3 cm³/mol. The molecule has 0 unspecified atom stereocenters. The van der Waals surface area contributed by atoms with Crippen LogP contribution in [0.15, 0.2) is 0 Å². The Balaban J connectivity index is 3.56. The summed E-state index contributed by atoms with van der Waals surface area (Å²) in [7, 11) is 0. The number of hydrogen-bond donors (Lipinski definition) is 0. The van der Waals surface area contributed by atoms with Gasteiger partial charge in [-0.2, -0.15) is 0 Å². The van der Waals surface area contributed by atoms with Gasteiger partial charge in [0.1, 0.15) is 0 Å². The Morgan fingerprint density at radius 3 is 2.40 bits per heavy atom. The predicted octanol–water partition coefficient (Wildman–Crippen LogP) is 2.45. The molecule has 0 saturated carbocycles. The van der Waals surface area contributed by atoms with Gasteiger partial charge >= 0.3 is 0 Å². The van der Waals surface area contributed by atoms with E-state index >= 15 is 0 Å². The molecule has 54 valence electrons. The van der Waals surface area contributed by atoms with E-state index in [9.17, 15) is 0 Å². The van der Waals surface area contributed by atoms with E-state index in [1.807, 2.05) is 0 Å². The summed E-state index contributed by atoms with van der Waals surface area (Å²) < 4.78 is 0. The van der Waals surface area contributed by atoms with Crippen LogP contribution in [0.5, 0.6) is 0 Å². The SMILES string of the molecule is CCCC#CC#CC(C)C. The largest absolute Gasteiger partial charge is 0.0891 e. The quantitative estimate of drug-likeness (QED) is 0.483. The van der Waals surface area contributed by atoms with E-state index in [1.54, 1.807) is 0 Å². The van der Waals surface area contributed by atoms with E-state index in [1.165, 1.54) is 0 Å². The van der Waals surface area contributed by atoms with Gasteiger partial charge in [-0.05, 0) is 18.3 Å². The third-order valence-corrected chi connectivity index (χ3v) is 0.887. The van der Waals surface area contributed by atoms with Gasteiger partial charge in [-0.1, -0.05) is 32.6 Å². The van der Waals surface area contributed by atoms with Crippen molar-refractivity contribution in [3.8, 4) is 23.7 Å². The maximum Gasteiger partial charge on any atom is 0.0156 e. The van der Waals surface area contributed by atoms with Crippen LogP contribution < -0.4 is 0 Å². The van der Waals surface area contributed by atoms with Crippen molar-refractivity contribution in [3.63, 3.8) is 0 Å². The molecule has 0 heteroatoms. The molecular formula is C10H14. The van der Waals surface area contributed by atoms with Crippen LogP contribution in [0.25, 0.3) is 0 Å². The minimum absolute atomic E-state index is 0.441. The van der Waals surface area contributed by atoms with Crippen LogP contribution in [0.1, 0.15) is 33.6 Å². The van der Waals surface area contributed by atoms with Crippen molar-refractivity contribution < 1.29 is 0 Å². The van der Waals surface area contributed by atoms with Crippen molar-refractivity contribution in [2.45, 2.75) is 33.6 Å². The van der Waals surface area contributed by atoms with Gasteiger partial charge < -0.3 is 0 Å². The zero-order chi connectivity index (χ0) is 7.82. The van der Waals surface area contributed by atoms with Crippen molar-refractivity contribution in [2.24, 2.45) is 5.92 Å². The Kier molecular flexibility index (Phi) is 5.69. The van der Waals surface area contributed by atoms with Crippen molar-refractivity contribution in [1.82, 2.24) is 0 Å². The molecule has 0 fully saturated rings. The fourth-order valence-corrected chi connectivity index (χ4v) is 0.412. The normalized spacial score (nSPS) is 7.60. The lowest BCUT2D eigenvalue weighted by Crippen LogP contribution is -1.75. The minimum atomic E-state index is 0.441. The molecule has 10 heavy (non-hydrogen) atoms. The van der Waals surface area contributed by atoms with Gasteiger partial charge in [-0.25, -0.2) is 0 Å². The van der Waals surface area contributed by atoms with Crippen LogP contribution >= 0.6 is 0 Å². The first kappa shape index (κ1) is 9.12. The molecule has 0 spiro atoms. The van der Waals surface area contributed by atoms with Crippen LogP contribution in [-0.2, 0) is 0 Å². The molecular weight excluding hydrogens is 120 g/mol. The fraction of sp³-hybridized carbons (Fsp3) is 0.600. The molecule has 0 aliphatic heterocycles. The highest BCUT2D eigenvalue weighted by atomic mass is 13.8. The van der Waals surface area contributed by atoms with E-state index in [0.29, 0.717) is 5.92 Å². The Labute approximate surface area is 64.0 Å². The highest BCUT2D eigenvalue weighted by Gasteiger charge is 1.77. The number of rotatable bonds is 1. The van der Waals surface area contributed by atoms with Gasteiger partial charge in [0.2, 0.25) is 0 Å². The van der Waals surface area contributed by atoms with Gasteiger partial charge in [0, 0.05) is 12.3 Å². The lowest BCUT2D eigenvalue weighted by Gasteiger charge is -1.82. The first-order valence-electron chi connectivity index (χ1n) is 3.75. The Hall–Kier alpha value is -0.880. The summed E-state index contributed by atoms with van der Waals surface area (Å²) in [6.45, 7) is 6.24. The molecule has 0 aromatic rings. The van der Waals surface area contributed by atoms with Gasteiger partial charge in [0.05, 0.1) is 0 Å². The smallest absolute Gasteiger partial charge is 0.0156 e. The molecule has 0 atom stereocenters. The Bertz CT molecular complexity index is 178. The summed E-state index contributed by atoms with van der Waals surface area (Å²) in [6, 6.07) is 0. The second-order valence-corrected chi connectivity index (χ2v) is 2.48. The van der Waals surface area contributed by atoms with Crippen LogP contribution in [0.4, 0.5) is 0 Å². The molecule has 0 heterocycles. The summed E-state index contributed by atoms with van der Waals surface area (Å²) >= 11 is 0. The summed E-state index contributed by atoms with van der Waals surface area (Å²) in [5.41, 5.74) is 0. The second kappa shape index (κ2) is 6.24. The highest BCUT2D eigenvalue weighted by Crippen LogP contribution is 1.84. The van der Waals surface area contributed by atoms with E-state index in [2.05, 4.69) is 44.5 Å². The van der Waals surface area contributed by atoms with Gasteiger partial charge in [-0.15, -0.1) is 0 Å². The molecule has 0 aliphatic carbocycles. The standard InChI is InChI=1S/C10H14/c1-4-5-6-7-8-9-10(2)3/h10H,4-5H2,1-3H3. The molecule has 0 amide bonds. The van der Waals surface area contributed by atoms with Crippen molar-refractivity contribution >= 4 is 0 Å². The molecule has 0 aromatic heterocycles. The van der Waals surface area contributed by atoms with Crippen LogP contribution in [-0.4, -0.2) is 0 Å². The van der Waals surface area contributed by atoms with E-state index < -0.39 is 0 Å². The molecule has 0 aliphatic rings. The van der Waals surface area contributed by atoms with Gasteiger partial charge in [0.15, 0.2) is 0 Å². The summed E-state index contributed by atoms with van der Waals surface area (Å²) in [5, 5.41) is 0. The lowest BCUT2D eigenvalue weighted by atomic mass is 10.2. The van der Waals surface area contributed by atoms with Gasteiger partial charge in [0.25, 0.3) is 0 Å². The summed E-state index contributed by atoms with van der Waals surface area (Å²) in [6.07, 6.45) is 2.09. The molecule has 0 aromatic carbocycles. The first-order chi connectivity index (χ1) is 4.77. The topological polar surface area (TPSA) is 0 Å². The third kappa shape index (κ3) is 7.12. The molecule has 0 N–H and O–H groups in total. The monoisotopic (exact) mass is 134 g/mol. The molecule has 0 bridgehead atoms.